The minimum Gasteiger partial charge on any atom is -0.487 e. The summed E-state index contributed by atoms with van der Waals surface area (Å²) in [6.07, 6.45) is 1.71. The second kappa shape index (κ2) is 5.98. The highest BCUT2D eigenvalue weighted by atomic mass is 16.5. The monoisotopic (exact) mass is 301 g/mol. The van der Waals surface area contributed by atoms with Crippen LogP contribution in [-0.4, -0.2) is 26.7 Å². The standard InChI is InChI=1S/C15H15N3O4/c1-10-6-15(20)22-14-7-12(2-3-13(10)14)21-9-11-8-18(4-5-19)17-16-11/h2-3,6-8,19H,4-5,9H2,1H3. The maximum absolute atomic E-state index is 11.4. The molecular formula is C15H15N3O4. The zero-order chi connectivity index (χ0) is 15.5. The van der Waals surface area contributed by atoms with E-state index in [1.807, 2.05) is 19.1 Å². The molecule has 0 aliphatic carbocycles. The molecule has 0 fully saturated rings. The highest BCUT2D eigenvalue weighted by Crippen LogP contribution is 2.22. The van der Waals surface area contributed by atoms with E-state index in [9.17, 15) is 4.79 Å². The van der Waals surface area contributed by atoms with Gasteiger partial charge in [-0.15, -0.1) is 5.10 Å². The Morgan fingerprint density at radius 1 is 1.36 bits per heavy atom. The largest absolute Gasteiger partial charge is 0.487 e. The molecule has 2 heterocycles. The van der Waals surface area contributed by atoms with Crippen molar-refractivity contribution in [2.75, 3.05) is 6.61 Å². The summed E-state index contributed by atoms with van der Waals surface area (Å²) in [5, 5.41) is 17.5. The third-order valence-corrected chi connectivity index (χ3v) is 3.22. The summed E-state index contributed by atoms with van der Waals surface area (Å²) in [6, 6.07) is 6.81. The SMILES string of the molecule is Cc1cc(=O)oc2cc(OCc3cn(CCO)nn3)ccc12. The molecule has 7 nitrogen and oxygen atoms in total. The van der Waals surface area contributed by atoms with Gasteiger partial charge >= 0.3 is 5.63 Å². The van der Waals surface area contributed by atoms with Gasteiger partial charge in [-0.1, -0.05) is 5.21 Å². The first kappa shape index (κ1) is 14.3. The maximum atomic E-state index is 11.4. The summed E-state index contributed by atoms with van der Waals surface area (Å²) in [5.74, 6) is 0.581. The quantitative estimate of drug-likeness (QED) is 0.714. The van der Waals surface area contributed by atoms with E-state index in [1.165, 1.54) is 6.07 Å². The van der Waals surface area contributed by atoms with Crippen LogP contribution in [0.15, 0.2) is 39.7 Å². The summed E-state index contributed by atoms with van der Waals surface area (Å²) >= 11 is 0. The number of nitrogens with zero attached hydrogens (tertiary/aromatic N) is 3. The molecule has 0 amide bonds. The molecule has 1 aromatic carbocycles. The van der Waals surface area contributed by atoms with Gasteiger partial charge in [-0.05, 0) is 24.6 Å². The van der Waals surface area contributed by atoms with Crippen molar-refractivity contribution in [1.82, 2.24) is 15.0 Å². The van der Waals surface area contributed by atoms with E-state index < -0.39 is 0 Å². The van der Waals surface area contributed by atoms with E-state index in [2.05, 4.69) is 10.3 Å². The summed E-state index contributed by atoms with van der Waals surface area (Å²) in [7, 11) is 0. The van der Waals surface area contributed by atoms with Crippen LogP contribution in [0.1, 0.15) is 11.3 Å². The van der Waals surface area contributed by atoms with Crippen LogP contribution >= 0.6 is 0 Å². The second-order valence-electron chi connectivity index (χ2n) is 4.89. The highest BCUT2D eigenvalue weighted by molar-refractivity contribution is 5.81. The number of fused-ring (bicyclic) bond motifs is 1. The number of hydrogen-bond acceptors (Lipinski definition) is 6. The number of aromatic nitrogens is 3. The van der Waals surface area contributed by atoms with Gasteiger partial charge in [0.2, 0.25) is 0 Å². The zero-order valence-electron chi connectivity index (χ0n) is 12.0. The van der Waals surface area contributed by atoms with Crippen molar-refractivity contribution in [3.05, 3.63) is 52.1 Å². The van der Waals surface area contributed by atoms with Crippen LogP contribution in [0.2, 0.25) is 0 Å². The smallest absolute Gasteiger partial charge is 0.336 e. The van der Waals surface area contributed by atoms with E-state index in [4.69, 9.17) is 14.3 Å². The molecule has 0 saturated heterocycles. The summed E-state index contributed by atoms with van der Waals surface area (Å²) in [5.41, 5.74) is 1.63. The van der Waals surface area contributed by atoms with E-state index in [-0.39, 0.29) is 18.8 Å². The Hall–Kier alpha value is -2.67. The van der Waals surface area contributed by atoms with Crippen molar-refractivity contribution >= 4 is 11.0 Å². The molecule has 0 atom stereocenters. The zero-order valence-corrected chi connectivity index (χ0v) is 12.0. The van der Waals surface area contributed by atoms with Crippen LogP contribution in [0, 0.1) is 6.92 Å². The number of benzene rings is 1. The second-order valence-corrected chi connectivity index (χ2v) is 4.89. The Morgan fingerprint density at radius 2 is 2.23 bits per heavy atom. The lowest BCUT2D eigenvalue weighted by Crippen LogP contribution is -2.02. The predicted octanol–water partition coefficient (Wildman–Crippen LogP) is 1.26. The van der Waals surface area contributed by atoms with Crippen LogP contribution in [-0.2, 0) is 13.2 Å². The van der Waals surface area contributed by atoms with Crippen LogP contribution in [0.4, 0.5) is 0 Å². The summed E-state index contributed by atoms with van der Waals surface area (Å²) in [4.78, 5) is 11.4. The lowest BCUT2D eigenvalue weighted by molar-refractivity contribution is 0.268. The number of rotatable bonds is 5. The van der Waals surface area contributed by atoms with Crippen molar-refractivity contribution in [1.29, 1.82) is 0 Å². The van der Waals surface area contributed by atoms with Gasteiger partial charge in [0.05, 0.1) is 19.3 Å². The molecule has 0 aliphatic rings. The number of aliphatic hydroxyl groups is 1. The summed E-state index contributed by atoms with van der Waals surface area (Å²) in [6.45, 7) is 2.51. The Balaban J connectivity index is 1.77. The van der Waals surface area contributed by atoms with Gasteiger partial charge in [-0.3, -0.25) is 0 Å². The van der Waals surface area contributed by atoms with Gasteiger partial charge in [-0.25, -0.2) is 9.48 Å². The lowest BCUT2D eigenvalue weighted by Gasteiger charge is -2.06. The molecule has 1 N–H and O–H groups in total. The van der Waals surface area contributed by atoms with Crippen molar-refractivity contribution < 1.29 is 14.3 Å². The molecule has 7 heteroatoms. The Bertz CT molecular complexity index is 853. The van der Waals surface area contributed by atoms with E-state index in [0.717, 1.165) is 10.9 Å². The topological polar surface area (TPSA) is 90.4 Å². The third kappa shape index (κ3) is 2.99. The molecule has 0 radical (unpaired) electrons. The number of aliphatic hydroxyl groups excluding tert-OH is 1. The van der Waals surface area contributed by atoms with Gasteiger partial charge < -0.3 is 14.3 Å². The van der Waals surface area contributed by atoms with Crippen molar-refractivity contribution in [2.24, 2.45) is 0 Å². The van der Waals surface area contributed by atoms with Crippen molar-refractivity contribution in [2.45, 2.75) is 20.1 Å². The fraction of sp³-hybridized carbons (Fsp3) is 0.267. The molecule has 22 heavy (non-hydrogen) atoms. The van der Waals surface area contributed by atoms with E-state index in [1.54, 1.807) is 16.9 Å². The fourth-order valence-electron chi connectivity index (χ4n) is 2.17. The number of hydrogen-bond donors (Lipinski definition) is 1. The van der Waals surface area contributed by atoms with Crippen LogP contribution in [0.5, 0.6) is 5.75 Å². The normalized spacial score (nSPS) is 11.0. The predicted molar refractivity (Wildman–Crippen MR) is 78.7 cm³/mol. The molecule has 0 spiro atoms. The Kier molecular flexibility index (Phi) is 3.88. The highest BCUT2D eigenvalue weighted by Gasteiger charge is 2.06. The molecule has 0 bridgehead atoms. The van der Waals surface area contributed by atoms with Gasteiger partial charge in [0.15, 0.2) is 0 Å². The van der Waals surface area contributed by atoms with Crippen molar-refractivity contribution in [3.63, 3.8) is 0 Å². The molecular weight excluding hydrogens is 286 g/mol. The van der Waals surface area contributed by atoms with E-state index >= 15 is 0 Å². The van der Waals surface area contributed by atoms with Crippen molar-refractivity contribution in [3.8, 4) is 5.75 Å². The summed E-state index contributed by atoms with van der Waals surface area (Å²) < 4.78 is 12.3. The number of aryl methyl sites for hydroxylation is 1. The average Bonchev–Trinajstić information content (AvgIpc) is 2.92. The van der Waals surface area contributed by atoms with Gasteiger partial charge in [-0.2, -0.15) is 0 Å². The molecule has 2 aromatic heterocycles. The molecule has 3 aromatic rings. The van der Waals surface area contributed by atoms with Crippen LogP contribution < -0.4 is 10.4 Å². The maximum Gasteiger partial charge on any atom is 0.336 e. The average molecular weight is 301 g/mol. The third-order valence-electron chi connectivity index (χ3n) is 3.22. The number of ether oxygens (including phenoxy) is 1. The fourth-order valence-corrected chi connectivity index (χ4v) is 2.17. The first-order valence-corrected chi connectivity index (χ1v) is 6.83. The Morgan fingerprint density at radius 3 is 3.05 bits per heavy atom. The first-order valence-electron chi connectivity index (χ1n) is 6.83. The van der Waals surface area contributed by atoms with Gasteiger partial charge in [0, 0.05) is 17.5 Å². The molecule has 114 valence electrons. The van der Waals surface area contributed by atoms with Crippen LogP contribution in [0.3, 0.4) is 0 Å². The Labute approximate surface area is 125 Å². The minimum atomic E-state index is -0.380. The van der Waals surface area contributed by atoms with E-state index in [0.29, 0.717) is 23.6 Å². The molecule has 3 rings (SSSR count). The van der Waals surface area contributed by atoms with Gasteiger partial charge in [0.25, 0.3) is 0 Å². The van der Waals surface area contributed by atoms with Crippen LogP contribution in [0.25, 0.3) is 11.0 Å². The molecule has 0 unspecified atom stereocenters. The van der Waals surface area contributed by atoms with Gasteiger partial charge in [0.1, 0.15) is 23.6 Å². The molecule has 0 aliphatic heterocycles. The minimum absolute atomic E-state index is 0.00666. The lowest BCUT2D eigenvalue weighted by atomic mass is 10.1. The molecule has 0 saturated carbocycles. The first-order chi connectivity index (χ1) is 10.7.